The molecule has 0 unspecified atom stereocenters. The van der Waals surface area contributed by atoms with E-state index in [-0.39, 0.29) is 0 Å². The van der Waals surface area contributed by atoms with E-state index >= 15 is 0 Å². The normalized spacial score (nSPS) is 9.47. The molecule has 0 atom stereocenters. The van der Waals surface area contributed by atoms with Crippen molar-refractivity contribution in [1.29, 1.82) is 0 Å². The van der Waals surface area contributed by atoms with Gasteiger partial charge in [0.1, 0.15) is 0 Å². The van der Waals surface area contributed by atoms with E-state index in [1.54, 1.807) is 11.3 Å². The highest BCUT2D eigenvalue weighted by molar-refractivity contribution is 9.11. The van der Waals surface area contributed by atoms with E-state index in [0.29, 0.717) is 0 Å². The third-order valence-corrected chi connectivity index (χ3v) is 4.20. The minimum absolute atomic E-state index is 1.01. The Morgan fingerprint density at radius 2 is 1.67 bits per heavy atom. The van der Waals surface area contributed by atoms with Crippen molar-refractivity contribution >= 4 is 43.2 Å². The van der Waals surface area contributed by atoms with Crippen LogP contribution in [0.4, 0.5) is 0 Å². The average molecular weight is 342 g/mol. The van der Waals surface area contributed by atoms with Gasteiger partial charge in [0.05, 0.1) is 3.79 Å². The Labute approximate surface area is 110 Å². The van der Waals surface area contributed by atoms with E-state index in [1.807, 2.05) is 35.7 Å². The highest BCUT2D eigenvalue weighted by atomic mass is 79.9. The standard InChI is InChI=1S/C12H6Br2S/c13-11-4-2-1-3-9(11)5-6-10-7-8-15-12(10)14/h1-4,7-8H. The molecule has 0 saturated heterocycles. The van der Waals surface area contributed by atoms with Crippen molar-refractivity contribution in [2.75, 3.05) is 0 Å². The first-order chi connectivity index (χ1) is 7.27. The van der Waals surface area contributed by atoms with Gasteiger partial charge < -0.3 is 0 Å². The fourth-order valence-electron chi connectivity index (χ4n) is 1.08. The van der Waals surface area contributed by atoms with Gasteiger partial charge in [0.15, 0.2) is 0 Å². The molecule has 74 valence electrons. The molecule has 0 radical (unpaired) electrons. The SMILES string of the molecule is Brc1ccccc1C#Cc1ccsc1Br. The Kier molecular flexibility index (Phi) is 3.63. The molecule has 0 N–H and O–H groups in total. The first-order valence-corrected chi connectivity index (χ1v) is 6.73. The van der Waals surface area contributed by atoms with Crippen LogP contribution < -0.4 is 0 Å². The van der Waals surface area contributed by atoms with Gasteiger partial charge in [-0.05, 0) is 55.4 Å². The first-order valence-electron chi connectivity index (χ1n) is 4.27. The Balaban J connectivity index is 2.34. The molecule has 1 heterocycles. The zero-order valence-electron chi connectivity index (χ0n) is 7.63. The summed E-state index contributed by atoms with van der Waals surface area (Å²) in [5.41, 5.74) is 2.05. The zero-order valence-corrected chi connectivity index (χ0v) is 11.6. The molecule has 3 heteroatoms. The third kappa shape index (κ3) is 2.72. The molecule has 0 nitrogen and oxygen atoms in total. The van der Waals surface area contributed by atoms with Crippen molar-refractivity contribution in [3.63, 3.8) is 0 Å². The summed E-state index contributed by atoms with van der Waals surface area (Å²) >= 11 is 8.58. The third-order valence-electron chi connectivity index (χ3n) is 1.82. The van der Waals surface area contributed by atoms with Gasteiger partial charge in [0, 0.05) is 15.6 Å². The second kappa shape index (κ2) is 4.98. The second-order valence-electron chi connectivity index (χ2n) is 2.84. The van der Waals surface area contributed by atoms with E-state index in [9.17, 15) is 0 Å². The number of hydrogen-bond acceptors (Lipinski definition) is 1. The summed E-state index contributed by atoms with van der Waals surface area (Å²) in [7, 11) is 0. The highest BCUT2D eigenvalue weighted by Gasteiger charge is 1.96. The second-order valence-corrected chi connectivity index (χ2v) is 5.93. The van der Waals surface area contributed by atoms with Crippen LogP contribution in [0.25, 0.3) is 0 Å². The quantitative estimate of drug-likeness (QED) is 0.611. The summed E-state index contributed by atoms with van der Waals surface area (Å²) < 4.78 is 2.12. The van der Waals surface area contributed by atoms with E-state index in [4.69, 9.17) is 0 Å². The summed E-state index contributed by atoms with van der Waals surface area (Å²) in [6, 6.07) is 9.97. The molecule has 0 aliphatic rings. The van der Waals surface area contributed by atoms with Crippen LogP contribution in [-0.2, 0) is 0 Å². The molecule has 0 fully saturated rings. The van der Waals surface area contributed by atoms with Gasteiger partial charge in [-0.2, -0.15) is 0 Å². The van der Waals surface area contributed by atoms with Gasteiger partial charge in [-0.1, -0.05) is 24.0 Å². The van der Waals surface area contributed by atoms with Gasteiger partial charge in [-0.25, -0.2) is 0 Å². The smallest absolute Gasteiger partial charge is 0.0854 e. The molecule has 0 aliphatic heterocycles. The van der Waals surface area contributed by atoms with Crippen LogP contribution in [-0.4, -0.2) is 0 Å². The molecular weight excluding hydrogens is 336 g/mol. The minimum atomic E-state index is 1.01. The molecule has 15 heavy (non-hydrogen) atoms. The van der Waals surface area contributed by atoms with E-state index in [1.165, 1.54) is 0 Å². The number of hydrogen-bond donors (Lipinski definition) is 0. The number of rotatable bonds is 0. The van der Waals surface area contributed by atoms with Gasteiger partial charge in [0.25, 0.3) is 0 Å². The van der Waals surface area contributed by atoms with Crippen molar-refractivity contribution in [2.24, 2.45) is 0 Å². The molecule has 0 bridgehead atoms. The molecule has 0 spiro atoms. The summed E-state index contributed by atoms with van der Waals surface area (Å²) in [5.74, 6) is 6.27. The highest BCUT2D eigenvalue weighted by Crippen LogP contribution is 2.22. The fraction of sp³-hybridized carbons (Fsp3) is 0. The molecule has 2 rings (SSSR count). The lowest BCUT2D eigenvalue weighted by Gasteiger charge is -1.92. The number of benzene rings is 1. The number of halogens is 2. The first kappa shape index (κ1) is 10.9. The Morgan fingerprint density at radius 3 is 2.33 bits per heavy atom. The molecule has 0 saturated carbocycles. The summed E-state index contributed by atoms with van der Waals surface area (Å²) in [5, 5.41) is 2.02. The van der Waals surface area contributed by atoms with Crippen LogP contribution >= 0.6 is 43.2 Å². The van der Waals surface area contributed by atoms with Gasteiger partial charge in [0.2, 0.25) is 0 Å². The molecule has 0 aliphatic carbocycles. The largest absolute Gasteiger partial charge is 0.135 e. The predicted octanol–water partition coefficient (Wildman–Crippen LogP) is 4.67. The fourth-order valence-corrected chi connectivity index (χ4v) is 2.59. The van der Waals surface area contributed by atoms with Crippen molar-refractivity contribution in [3.8, 4) is 11.8 Å². The van der Waals surface area contributed by atoms with Crippen molar-refractivity contribution in [2.45, 2.75) is 0 Å². The van der Waals surface area contributed by atoms with Crippen LogP contribution in [0, 0.1) is 11.8 Å². The van der Waals surface area contributed by atoms with Crippen molar-refractivity contribution < 1.29 is 0 Å². The maximum absolute atomic E-state index is 3.47. The van der Waals surface area contributed by atoms with Crippen molar-refractivity contribution in [1.82, 2.24) is 0 Å². The van der Waals surface area contributed by atoms with Crippen LogP contribution in [0.2, 0.25) is 0 Å². The van der Waals surface area contributed by atoms with Crippen LogP contribution in [0.15, 0.2) is 44.0 Å². The lowest BCUT2D eigenvalue weighted by molar-refractivity contribution is 1.59. The van der Waals surface area contributed by atoms with E-state index in [2.05, 4.69) is 43.7 Å². The molecular formula is C12H6Br2S. The van der Waals surface area contributed by atoms with Crippen LogP contribution in [0.1, 0.15) is 11.1 Å². The minimum Gasteiger partial charge on any atom is -0.135 e. The molecule has 1 aromatic carbocycles. The Morgan fingerprint density at radius 1 is 0.933 bits per heavy atom. The van der Waals surface area contributed by atoms with E-state index in [0.717, 1.165) is 19.4 Å². The Hall–Kier alpha value is -0.560. The van der Waals surface area contributed by atoms with Gasteiger partial charge in [-0.3, -0.25) is 0 Å². The summed E-state index contributed by atoms with van der Waals surface area (Å²) in [4.78, 5) is 0. The lowest BCUT2D eigenvalue weighted by Crippen LogP contribution is -1.76. The number of thiophene rings is 1. The molecule has 1 aromatic heterocycles. The summed E-state index contributed by atoms with van der Waals surface area (Å²) in [6.45, 7) is 0. The molecule has 0 amide bonds. The van der Waals surface area contributed by atoms with Crippen LogP contribution in [0.3, 0.4) is 0 Å². The average Bonchev–Trinajstić information content (AvgIpc) is 2.63. The topological polar surface area (TPSA) is 0 Å². The van der Waals surface area contributed by atoms with Crippen LogP contribution in [0.5, 0.6) is 0 Å². The predicted molar refractivity (Wildman–Crippen MR) is 72.1 cm³/mol. The van der Waals surface area contributed by atoms with Gasteiger partial charge in [-0.15, -0.1) is 11.3 Å². The van der Waals surface area contributed by atoms with Gasteiger partial charge >= 0.3 is 0 Å². The maximum Gasteiger partial charge on any atom is 0.0854 e. The molecule has 2 aromatic rings. The van der Waals surface area contributed by atoms with Crippen molar-refractivity contribution in [3.05, 3.63) is 55.1 Å². The zero-order chi connectivity index (χ0) is 10.7. The van der Waals surface area contributed by atoms with E-state index < -0.39 is 0 Å². The monoisotopic (exact) mass is 340 g/mol. The lowest BCUT2D eigenvalue weighted by atomic mass is 10.2. The summed E-state index contributed by atoms with van der Waals surface area (Å²) in [6.07, 6.45) is 0. The maximum atomic E-state index is 3.47. The Bertz CT molecular complexity index is 532.